The zero-order valence-electron chi connectivity index (χ0n) is 24.8. The number of aliphatic hydroxyl groups is 4. The van der Waals surface area contributed by atoms with E-state index in [9.17, 15) is 55.5 Å². The predicted molar refractivity (Wildman–Crippen MR) is 151 cm³/mol. The van der Waals surface area contributed by atoms with E-state index < -0.39 is 72.7 Å². The van der Waals surface area contributed by atoms with E-state index in [-0.39, 0.29) is 51.7 Å². The number of aromatic nitrogens is 2. The molecule has 0 spiro atoms. The third-order valence-electron chi connectivity index (χ3n) is 7.80. The highest BCUT2D eigenvalue weighted by Gasteiger charge is 2.73. The Morgan fingerprint density at radius 3 is 2.20 bits per heavy atom. The van der Waals surface area contributed by atoms with Gasteiger partial charge in [0.25, 0.3) is 0 Å². The van der Waals surface area contributed by atoms with Crippen molar-refractivity contribution in [1.29, 1.82) is 0 Å². The summed E-state index contributed by atoms with van der Waals surface area (Å²) in [4.78, 5) is 7.27. The molecule has 1 unspecified atom stereocenters. The number of nitrogens with zero attached hydrogens (tertiary/aromatic N) is 2. The molecule has 1 saturated heterocycles. The van der Waals surface area contributed by atoms with Crippen molar-refractivity contribution in [3.05, 3.63) is 63.7 Å². The average molecular weight is 732 g/mol. The number of thiazole rings is 1. The molecular formula is C29H29F8N3O8S. The summed E-state index contributed by atoms with van der Waals surface area (Å²) < 4.78 is 129. The van der Waals surface area contributed by atoms with Crippen LogP contribution in [0.2, 0.25) is 0 Å². The third-order valence-corrected chi connectivity index (χ3v) is 9.02. The van der Waals surface area contributed by atoms with Crippen LogP contribution in [-0.2, 0) is 16.8 Å². The third kappa shape index (κ3) is 7.84. The van der Waals surface area contributed by atoms with Gasteiger partial charge >= 0.3 is 24.6 Å². The maximum atomic E-state index is 13.6. The lowest BCUT2D eigenvalue weighted by atomic mass is 9.91. The van der Waals surface area contributed by atoms with Gasteiger partial charge < -0.3 is 45.1 Å². The van der Waals surface area contributed by atoms with Crippen LogP contribution >= 0.6 is 11.3 Å². The number of hydrogen-bond donors (Lipinski definition) is 5. The minimum absolute atomic E-state index is 0.0412. The van der Waals surface area contributed by atoms with Gasteiger partial charge in [-0.2, -0.15) is 35.1 Å². The van der Waals surface area contributed by atoms with Crippen molar-refractivity contribution in [2.24, 2.45) is 5.73 Å². The van der Waals surface area contributed by atoms with E-state index in [1.165, 1.54) is 30.5 Å². The zero-order valence-corrected chi connectivity index (χ0v) is 25.6. The van der Waals surface area contributed by atoms with Gasteiger partial charge in [0, 0.05) is 29.3 Å². The summed E-state index contributed by atoms with van der Waals surface area (Å²) in [5.41, 5.74) is 1.16. The molecule has 2 aliphatic rings. The van der Waals surface area contributed by atoms with E-state index in [4.69, 9.17) is 19.9 Å². The van der Waals surface area contributed by atoms with E-state index in [1.807, 2.05) is 0 Å². The highest BCUT2D eigenvalue weighted by Crippen LogP contribution is 2.52. The SMILES string of the molecule is N[C@H]1[C@H](Oc2ccc(CC(c3ccc(OC(F)F)c(OC4CC4)c3)c3cnc(C(O)(C(F)(F)F)C(F)(F)F)s3)cn2)O[C@H](CO)[C@@H](O)[C@@H]1O. The summed E-state index contributed by atoms with van der Waals surface area (Å²) in [7, 11) is 0. The lowest BCUT2D eigenvalue weighted by Gasteiger charge is -2.40. The van der Waals surface area contributed by atoms with E-state index >= 15 is 0 Å². The predicted octanol–water partition coefficient (Wildman–Crippen LogP) is 3.51. The highest BCUT2D eigenvalue weighted by atomic mass is 32.1. The molecule has 11 nitrogen and oxygen atoms in total. The van der Waals surface area contributed by atoms with Crippen molar-refractivity contribution < 1.29 is 74.5 Å². The van der Waals surface area contributed by atoms with Gasteiger partial charge in [0.1, 0.15) is 23.3 Å². The molecule has 0 bridgehead atoms. The fourth-order valence-corrected chi connectivity index (χ4v) is 6.13. The number of rotatable bonds is 12. The second kappa shape index (κ2) is 14.1. The van der Waals surface area contributed by atoms with Crippen LogP contribution in [-0.4, -0.2) is 92.7 Å². The molecule has 6 atom stereocenters. The van der Waals surface area contributed by atoms with Gasteiger partial charge in [-0.15, -0.1) is 11.3 Å². The molecule has 49 heavy (non-hydrogen) atoms. The summed E-state index contributed by atoms with van der Waals surface area (Å²) in [6.07, 6.45) is -15.2. The van der Waals surface area contributed by atoms with E-state index in [0.717, 1.165) is 12.3 Å². The van der Waals surface area contributed by atoms with Crippen molar-refractivity contribution in [2.75, 3.05) is 6.61 Å². The first-order valence-corrected chi connectivity index (χ1v) is 15.3. The second-order valence-corrected chi connectivity index (χ2v) is 12.4. The summed E-state index contributed by atoms with van der Waals surface area (Å²) in [6, 6.07) is 5.20. The second-order valence-electron chi connectivity index (χ2n) is 11.3. The van der Waals surface area contributed by atoms with Crippen LogP contribution in [0.15, 0.2) is 42.7 Å². The van der Waals surface area contributed by atoms with E-state index in [2.05, 4.69) is 14.7 Å². The summed E-state index contributed by atoms with van der Waals surface area (Å²) in [5, 5.41) is 37.8. The van der Waals surface area contributed by atoms with Crippen LogP contribution in [0.5, 0.6) is 17.4 Å². The highest BCUT2D eigenvalue weighted by molar-refractivity contribution is 7.11. The fourth-order valence-electron chi connectivity index (χ4n) is 4.96. The number of ether oxygens (including phenoxy) is 4. The van der Waals surface area contributed by atoms with Crippen LogP contribution < -0.4 is 19.9 Å². The average Bonchev–Trinajstić information content (AvgIpc) is 3.71. The lowest BCUT2D eigenvalue weighted by molar-refractivity contribution is -0.376. The van der Waals surface area contributed by atoms with Gasteiger partial charge in [-0.25, -0.2) is 9.97 Å². The Morgan fingerprint density at radius 1 is 0.939 bits per heavy atom. The van der Waals surface area contributed by atoms with Crippen LogP contribution in [0.25, 0.3) is 0 Å². The zero-order chi connectivity index (χ0) is 35.9. The molecule has 1 aromatic carbocycles. The van der Waals surface area contributed by atoms with Crippen molar-refractivity contribution >= 4 is 11.3 Å². The first-order chi connectivity index (χ1) is 22.9. The molecule has 2 fully saturated rings. The van der Waals surface area contributed by atoms with Gasteiger partial charge in [0.2, 0.25) is 12.2 Å². The normalized spacial score (nSPS) is 24.2. The van der Waals surface area contributed by atoms with Crippen molar-refractivity contribution in [2.45, 2.75) is 86.5 Å². The Morgan fingerprint density at radius 2 is 1.63 bits per heavy atom. The van der Waals surface area contributed by atoms with Crippen LogP contribution in [0.4, 0.5) is 35.1 Å². The molecule has 2 aromatic heterocycles. The van der Waals surface area contributed by atoms with Gasteiger partial charge in [-0.3, -0.25) is 0 Å². The molecule has 5 rings (SSSR count). The Hall–Kier alpha value is -3.40. The fraction of sp³-hybridized carbons (Fsp3) is 0.517. The maximum Gasteiger partial charge on any atom is 0.433 e. The first kappa shape index (κ1) is 36.9. The Balaban J connectivity index is 1.48. The molecule has 270 valence electrons. The molecule has 1 aliphatic heterocycles. The molecule has 1 saturated carbocycles. The monoisotopic (exact) mass is 731 g/mol. The molecule has 0 amide bonds. The topological polar surface area (TPSA) is 170 Å². The van der Waals surface area contributed by atoms with Crippen LogP contribution in [0, 0.1) is 0 Å². The molecule has 20 heteroatoms. The number of halogens is 8. The Labute approximate surface area is 275 Å². The molecule has 1 aliphatic carbocycles. The Bertz CT molecular complexity index is 1560. The molecule has 0 radical (unpaired) electrons. The van der Waals surface area contributed by atoms with Crippen LogP contribution in [0.1, 0.15) is 39.8 Å². The first-order valence-electron chi connectivity index (χ1n) is 14.5. The lowest BCUT2D eigenvalue weighted by Crippen LogP contribution is -2.63. The standard InChI is InChI=1S/C29H29F8N3O8S/c30-26(31)47-16-5-2-13(8-17(16)45-14-3-4-14)15(19-10-40-25(49-19)27(44,28(32,33)34)29(35,36)37)7-12-1-6-20(39-9-12)48-24-21(38)23(43)22(42)18(11-41)46-24/h1-2,5-6,8-10,14-15,18,21-24,26,41-44H,3-4,7,11,38H2/t15?,18-,21-,22-,23-,24+/m1/s1. The summed E-state index contributed by atoms with van der Waals surface area (Å²) in [5.74, 6) is -1.65. The van der Waals surface area contributed by atoms with Crippen molar-refractivity contribution in [3.8, 4) is 17.4 Å². The number of alkyl halides is 8. The minimum Gasteiger partial charge on any atom is -0.487 e. The maximum absolute atomic E-state index is 13.6. The number of nitrogens with two attached hydrogens (primary N) is 1. The molecule has 3 aromatic rings. The van der Waals surface area contributed by atoms with Crippen molar-refractivity contribution in [1.82, 2.24) is 9.97 Å². The Kier molecular flexibility index (Phi) is 10.6. The number of hydrogen-bond acceptors (Lipinski definition) is 12. The molecule has 6 N–H and O–H groups in total. The molecule has 3 heterocycles. The van der Waals surface area contributed by atoms with E-state index in [0.29, 0.717) is 18.4 Å². The van der Waals surface area contributed by atoms with Crippen molar-refractivity contribution in [3.63, 3.8) is 0 Å². The van der Waals surface area contributed by atoms with Gasteiger partial charge in [0.05, 0.1) is 18.8 Å². The number of aliphatic hydroxyl groups excluding tert-OH is 3. The minimum atomic E-state index is -6.18. The summed E-state index contributed by atoms with van der Waals surface area (Å²) >= 11 is -0.0412. The summed E-state index contributed by atoms with van der Waals surface area (Å²) in [6.45, 7) is -3.89. The van der Waals surface area contributed by atoms with E-state index in [1.54, 1.807) is 0 Å². The van der Waals surface area contributed by atoms with Gasteiger partial charge in [-0.05, 0) is 42.5 Å². The quantitative estimate of drug-likeness (QED) is 0.173. The van der Waals surface area contributed by atoms with Gasteiger partial charge in [-0.1, -0.05) is 12.1 Å². The molecular weight excluding hydrogens is 702 g/mol. The smallest absolute Gasteiger partial charge is 0.433 e. The van der Waals surface area contributed by atoms with Crippen LogP contribution in [0.3, 0.4) is 0 Å². The van der Waals surface area contributed by atoms with Gasteiger partial charge in [0.15, 0.2) is 11.5 Å². The largest absolute Gasteiger partial charge is 0.487 e. The number of pyridine rings is 1. The number of benzene rings is 1.